The van der Waals surface area contributed by atoms with Gasteiger partial charge in [0.2, 0.25) is 5.91 Å². The van der Waals surface area contributed by atoms with Gasteiger partial charge in [-0.25, -0.2) is 4.98 Å². The molecule has 0 saturated carbocycles. The molecule has 0 spiro atoms. The maximum atomic E-state index is 12.6. The molecule has 2 heterocycles. The Balaban J connectivity index is 1.35. The maximum Gasteiger partial charge on any atom is 0.234 e. The molecule has 0 unspecified atom stereocenters. The van der Waals surface area contributed by atoms with Crippen molar-refractivity contribution < 1.29 is 4.79 Å². The molecule has 1 saturated heterocycles. The first-order valence-electron chi connectivity index (χ1n) is 9.71. The van der Waals surface area contributed by atoms with E-state index >= 15 is 0 Å². The first-order chi connectivity index (χ1) is 13.6. The summed E-state index contributed by atoms with van der Waals surface area (Å²) in [5.74, 6) is 0.472. The molecular weight excluding hydrogens is 390 g/mol. The molecule has 6 heteroatoms. The SMILES string of the molecule is C[C@@H](NC(=O)CN1CCC[C@H](c2nc3ccccc3s2)C1)c1ccc(Cl)cc1. The second-order valence-electron chi connectivity index (χ2n) is 7.43. The number of carbonyl (C=O) groups excluding carboxylic acids is 1. The van der Waals surface area contributed by atoms with Gasteiger partial charge in [0.1, 0.15) is 0 Å². The molecule has 1 aliphatic heterocycles. The van der Waals surface area contributed by atoms with Gasteiger partial charge in [0.15, 0.2) is 0 Å². The van der Waals surface area contributed by atoms with Crippen molar-refractivity contribution in [3.63, 3.8) is 0 Å². The van der Waals surface area contributed by atoms with Gasteiger partial charge in [-0.3, -0.25) is 9.69 Å². The molecule has 0 aliphatic carbocycles. The standard InChI is InChI=1S/C22H24ClN3OS/c1-15(16-8-10-18(23)11-9-16)24-21(27)14-26-12-4-5-17(13-26)22-25-19-6-2-3-7-20(19)28-22/h2-3,6-11,15,17H,4-5,12-14H2,1H3,(H,24,27)/t15-,17+/m1/s1. The van der Waals surface area contributed by atoms with Gasteiger partial charge >= 0.3 is 0 Å². The minimum Gasteiger partial charge on any atom is -0.348 e. The van der Waals surface area contributed by atoms with E-state index in [0.717, 1.165) is 37.0 Å². The number of nitrogens with one attached hydrogen (secondary N) is 1. The van der Waals surface area contributed by atoms with Gasteiger partial charge in [-0.15, -0.1) is 11.3 Å². The molecule has 1 aromatic heterocycles. The van der Waals surface area contributed by atoms with E-state index in [4.69, 9.17) is 16.6 Å². The maximum absolute atomic E-state index is 12.6. The molecule has 0 bridgehead atoms. The fraction of sp³-hybridized carbons (Fsp3) is 0.364. The Bertz CT molecular complexity index is 923. The van der Waals surface area contributed by atoms with E-state index in [0.29, 0.717) is 17.5 Å². The quantitative estimate of drug-likeness (QED) is 0.639. The van der Waals surface area contributed by atoms with Gasteiger partial charge < -0.3 is 5.32 Å². The van der Waals surface area contributed by atoms with Crippen LogP contribution < -0.4 is 5.32 Å². The van der Waals surface area contributed by atoms with Crippen LogP contribution in [-0.2, 0) is 4.79 Å². The molecule has 2 atom stereocenters. The summed E-state index contributed by atoms with van der Waals surface area (Å²) in [6, 6.07) is 15.9. The smallest absolute Gasteiger partial charge is 0.234 e. The van der Waals surface area contributed by atoms with E-state index in [1.54, 1.807) is 11.3 Å². The zero-order valence-electron chi connectivity index (χ0n) is 15.9. The third-order valence-corrected chi connectivity index (χ3v) is 6.73. The number of fused-ring (bicyclic) bond motifs is 1. The molecule has 4 nitrogen and oxygen atoms in total. The van der Waals surface area contributed by atoms with Gasteiger partial charge in [-0.2, -0.15) is 0 Å². The molecular formula is C22H24ClN3OS. The summed E-state index contributed by atoms with van der Waals surface area (Å²) in [4.78, 5) is 19.6. The molecule has 3 aromatic rings. The number of aromatic nitrogens is 1. The highest BCUT2D eigenvalue weighted by atomic mass is 35.5. The van der Waals surface area contributed by atoms with Crippen LogP contribution in [0.4, 0.5) is 0 Å². The summed E-state index contributed by atoms with van der Waals surface area (Å²) in [7, 11) is 0. The second kappa shape index (κ2) is 8.60. The molecule has 1 aliphatic rings. The van der Waals surface area contributed by atoms with Crippen LogP contribution in [0.1, 0.15) is 42.3 Å². The van der Waals surface area contributed by atoms with E-state index < -0.39 is 0 Å². The fourth-order valence-corrected chi connectivity index (χ4v) is 5.01. The van der Waals surface area contributed by atoms with Gasteiger partial charge in [0, 0.05) is 17.5 Å². The summed E-state index contributed by atoms with van der Waals surface area (Å²) in [6.45, 7) is 4.29. The van der Waals surface area contributed by atoms with Crippen LogP contribution >= 0.6 is 22.9 Å². The average Bonchev–Trinajstić information content (AvgIpc) is 3.13. The van der Waals surface area contributed by atoms with Crippen molar-refractivity contribution in [3.8, 4) is 0 Å². The first-order valence-corrected chi connectivity index (χ1v) is 10.9. The number of para-hydroxylation sites is 1. The number of rotatable bonds is 5. The number of nitrogens with zero attached hydrogens (tertiary/aromatic N) is 2. The Morgan fingerprint density at radius 1 is 1.29 bits per heavy atom. The molecule has 4 rings (SSSR count). The van der Waals surface area contributed by atoms with Crippen LogP contribution in [0.15, 0.2) is 48.5 Å². The van der Waals surface area contributed by atoms with E-state index in [9.17, 15) is 4.79 Å². The van der Waals surface area contributed by atoms with E-state index in [1.807, 2.05) is 37.3 Å². The number of halogens is 1. The molecule has 28 heavy (non-hydrogen) atoms. The largest absolute Gasteiger partial charge is 0.348 e. The van der Waals surface area contributed by atoms with Crippen molar-refractivity contribution in [2.75, 3.05) is 19.6 Å². The molecule has 1 amide bonds. The lowest BCUT2D eigenvalue weighted by Crippen LogP contribution is -2.42. The highest BCUT2D eigenvalue weighted by Gasteiger charge is 2.25. The summed E-state index contributed by atoms with van der Waals surface area (Å²) in [5.41, 5.74) is 2.14. The lowest BCUT2D eigenvalue weighted by molar-refractivity contribution is -0.123. The third kappa shape index (κ3) is 4.54. The van der Waals surface area contributed by atoms with Crippen molar-refractivity contribution >= 4 is 39.1 Å². The van der Waals surface area contributed by atoms with E-state index in [2.05, 4.69) is 28.4 Å². The number of likely N-dealkylation sites (tertiary alicyclic amines) is 1. The summed E-state index contributed by atoms with van der Waals surface area (Å²) < 4.78 is 1.24. The van der Waals surface area contributed by atoms with E-state index in [1.165, 1.54) is 9.71 Å². The number of hydrogen-bond acceptors (Lipinski definition) is 4. The van der Waals surface area contributed by atoms with Gasteiger partial charge in [0.05, 0.1) is 27.8 Å². The van der Waals surface area contributed by atoms with Crippen LogP contribution in [0.5, 0.6) is 0 Å². The zero-order chi connectivity index (χ0) is 19.5. The summed E-state index contributed by atoms with van der Waals surface area (Å²) >= 11 is 7.73. The van der Waals surface area contributed by atoms with E-state index in [-0.39, 0.29) is 11.9 Å². The first kappa shape index (κ1) is 19.4. The number of piperidine rings is 1. The number of hydrogen-bond donors (Lipinski definition) is 1. The van der Waals surface area contributed by atoms with Crippen LogP contribution in [0.2, 0.25) is 5.02 Å². The lowest BCUT2D eigenvalue weighted by atomic mass is 9.98. The van der Waals surface area contributed by atoms with Gasteiger partial charge in [0.25, 0.3) is 0 Å². The molecule has 0 radical (unpaired) electrons. The molecule has 1 N–H and O–H groups in total. The Hall–Kier alpha value is -1.95. The zero-order valence-corrected chi connectivity index (χ0v) is 17.5. The van der Waals surface area contributed by atoms with Gasteiger partial charge in [-0.05, 0) is 56.1 Å². The predicted molar refractivity (Wildman–Crippen MR) is 116 cm³/mol. The third-order valence-electron chi connectivity index (χ3n) is 5.28. The number of amides is 1. The fourth-order valence-electron chi connectivity index (χ4n) is 3.79. The van der Waals surface area contributed by atoms with Crippen molar-refractivity contribution in [3.05, 3.63) is 64.1 Å². The Morgan fingerprint density at radius 3 is 2.86 bits per heavy atom. The minimum absolute atomic E-state index is 0.0328. The Labute approximate surface area is 174 Å². The topological polar surface area (TPSA) is 45.2 Å². The Kier molecular flexibility index (Phi) is 5.95. The normalized spacial score (nSPS) is 18.9. The number of thiazole rings is 1. The predicted octanol–water partition coefficient (Wildman–Crippen LogP) is 5.01. The number of carbonyl (C=O) groups is 1. The minimum atomic E-state index is -0.0328. The highest BCUT2D eigenvalue weighted by molar-refractivity contribution is 7.18. The van der Waals surface area contributed by atoms with Crippen molar-refractivity contribution in [1.29, 1.82) is 0 Å². The molecule has 2 aromatic carbocycles. The van der Waals surface area contributed by atoms with Crippen molar-refractivity contribution in [1.82, 2.24) is 15.2 Å². The molecule has 1 fully saturated rings. The van der Waals surface area contributed by atoms with Crippen LogP contribution in [0.25, 0.3) is 10.2 Å². The van der Waals surface area contributed by atoms with Crippen molar-refractivity contribution in [2.45, 2.75) is 31.7 Å². The summed E-state index contributed by atoms with van der Waals surface area (Å²) in [5, 5.41) is 5.00. The molecule has 146 valence electrons. The Morgan fingerprint density at radius 2 is 2.07 bits per heavy atom. The monoisotopic (exact) mass is 413 g/mol. The van der Waals surface area contributed by atoms with Gasteiger partial charge in [-0.1, -0.05) is 35.9 Å². The average molecular weight is 414 g/mol. The highest BCUT2D eigenvalue weighted by Crippen LogP contribution is 2.32. The summed E-state index contributed by atoms with van der Waals surface area (Å²) in [6.07, 6.45) is 2.24. The second-order valence-corrected chi connectivity index (χ2v) is 8.93. The number of benzene rings is 2. The van der Waals surface area contributed by atoms with Crippen LogP contribution in [-0.4, -0.2) is 35.4 Å². The van der Waals surface area contributed by atoms with Crippen molar-refractivity contribution in [2.24, 2.45) is 0 Å². The van der Waals surface area contributed by atoms with Crippen LogP contribution in [0, 0.1) is 0 Å². The van der Waals surface area contributed by atoms with Crippen LogP contribution in [0.3, 0.4) is 0 Å². The lowest BCUT2D eigenvalue weighted by Gasteiger charge is -2.31.